The van der Waals surface area contributed by atoms with E-state index in [9.17, 15) is 14.0 Å². The van der Waals surface area contributed by atoms with Crippen LogP contribution in [0.2, 0.25) is 0 Å². The second-order valence-corrected chi connectivity index (χ2v) is 7.51. The van der Waals surface area contributed by atoms with Crippen LogP contribution in [0.5, 0.6) is 0 Å². The van der Waals surface area contributed by atoms with E-state index >= 15 is 0 Å². The van der Waals surface area contributed by atoms with Crippen LogP contribution in [0, 0.1) is 11.7 Å². The van der Waals surface area contributed by atoms with E-state index in [4.69, 9.17) is 5.73 Å². The molecule has 3 rings (SSSR count). The molecule has 0 aliphatic carbocycles. The zero-order chi connectivity index (χ0) is 19.2. The number of halogens is 3. The van der Waals surface area contributed by atoms with Gasteiger partial charge in [-0.3, -0.25) is 9.59 Å². The van der Waals surface area contributed by atoms with Gasteiger partial charge in [0.1, 0.15) is 11.5 Å². The number of likely N-dealkylation sites (tertiary alicyclic amines) is 1. The Bertz CT molecular complexity index is 821. The first-order valence-corrected chi connectivity index (χ1v) is 9.91. The first-order valence-electron chi connectivity index (χ1n) is 9.03. The molecule has 1 fully saturated rings. The molecule has 0 radical (unpaired) electrons. The van der Waals surface area contributed by atoms with Crippen molar-refractivity contribution < 1.29 is 14.0 Å². The van der Waals surface area contributed by atoms with Gasteiger partial charge < -0.3 is 16.0 Å². The highest BCUT2D eigenvalue weighted by molar-refractivity contribution is 7.09. The van der Waals surface area contributed by atoms with Crippen molar-refractivity contribution in [2.45, 2.75) is 19.3 Å². The molecule has 29 heavy (non-hydrogen) atoms. The van der Waals surface area contributed by atoms with Gasteiger partial charge in [-0.15, -0.1) is 36.2 Å². The summed E-state index contributed by atoms with van der Waals surface area (Å²) < 4.78 is 13.8. The topological polar surface area (TPSA) is 88.3 Å². The van der Waals surface area contributed by atoms with E-state index in [1.165, 1.54) is 17.4 Å². The van der Waals surface area contributed by atoms with E-state index in [2.05, 4.69) is 10.3 Å². The summed E-state index contributed by atoms with van der Waals surface area (Å²) in [7, 11) is 0. The highest BCUT2D eigenvalue weighted by Crippen LogP contribution is 2.21. The smallest absolute Gasteiger partial charge is 0.273 e. The normalized spacial score (nSPS) is 15.8. The average Bonchev–Trinajstić information content (AvgIpc) is 3.16. The molecule has 2 heterocycles. The maximum Gasteiger partial charge on any atom is 0.273 e. The predicted molar refractivity (Wildman–Crippen MR) is 117 cm³/mol. The lowest BCUT2D eigenvalue weighted by molar-refractivity contribution is -0.126. The summed E-state index contributed by atoms with van der Waals surface area (Å²) in [5.74, 6) is -0.729. The van der Waals surface area contributed by atoms with Crippen molar-refractivity contribution in [3.63, 3.8) is 0 Å². The van der Waals surface area contributed by atoms with E-state index in [1.807, 2.05) is 0 Å². The predicted octanol–water partition coefficient (Wildman–Crippen LogP) is 2.64. The molecule has 0 spiro atoms. The highest BCUT2D eigenvalue weighted by Gasteiger charge is 2.29. The number of nitrogens with one attached hydrogen (secondary N) is 1. The molecule has 6 nitrogen and oxygen atoms in total. The third-order valence-electron chi connectivity index (χ3n) is 4.59. The molecule has 0 bridgehead atoms. The number of hydrogen-bond acceptors (Lipinski definition) is 5. The fourth-order valence-corrected chi connectivity index (χ4v) is 3.96. The minimum atomic E-state index is -0.275. The maximum absolute atomic E-state index is 13.8. The van der Waals surface area contributed by atoms with Crippen LogP contribution in [0.3, 0.4) is 0 Å². The Morgan fingerprint density at radius 2 is 2.07 bits per heavy atom. The van der Waals surface area contributed by atoms with Crippen molar-refractivity contribution in [2.24, 2.45) is 11.7 Å². The summed E-state index contributed by atoms with van der Waals surface area (Å²) >= 11 is 1.35. The molecule has 1 saturated heterocycles. The van der Waals surface area contributed by atoms with E-state index in [0.29, 0.717) is 48.9 Å². The summed E-state index contributed by atoms with van der Waals surface area (Å²) in [6.07, 6.45) is 1.89. The average molecular weight is 463 g/mol. The lowest BCUT2D eigenvalue weighted by Crippen LogP contribution is -2.46. The Balaban J connectivity index is 0.00000210. The van der Waals surface area contributed by atoms with E-state index in [1.54, 1.807) is 28.5 Å². The molecule has 1 aliphatic heterocycles. The second-order valence-electron chi connectivity index (χ2n) is 6.56. The van der Waals surface area contributed by atoms with Gasteiger partial charge in [-0.2, -0.15) is 0 Å². The Labute approximate surface area is 185 Å². The number of carbonyl (C=O) groups is 2. The van der Waals surface area contributed by atoms with Crippen LogP contribution in [0.25, 0.3) is 0 Å². The quantitative estimate of drug-likeness (QED) is 0.690. The summed E-state index contributed by atoms with van der Waals surface area (Å²) in [5.41, 5.74) is 6.33. The van der Waals surface area contributed by atoms with Gasteiger partial charge >= 0.3 is 0 Å². The number of piperidine rings is 1. The molecule has 1 aromatic heterocycles. The lowest BCUT2D eigenvalue weighted by Gasteiger charge is -2.31. The molecule has 2 aromatic rings. The number of nitrogens with zero attached hydrogens (tertiary/aromatic N) is 2. The molecule has 1 atom stereocenters. The summed E-state index contributed by atoms with van der Waals surface area (Å²) in [6.45, 7) is 1.83. The van der Waals surface area contributed by atoms with Gasteiger partial charge in [0.2, 0.25) is 5.91 Å². The number of aromatic nitrogens is 1. The van der Waals surface area contributed by atoms with Gasteiger partial charge in [0.25, 0.3) is 5.91 Å². The van der Waals surface area contributed by atoms with Gasteiger partial charge in [0, 0.05) is 38.0 Å². The molecular formula is C19H25Cl2FN4O2S. The van der Waals surface area contributed by atoms with Crippen molar-refractivity contribution in [1.29, 1.82) is 0 Å². The molecule has 10 heteroatoms. The van der Waals surface area contributed by atoms with Crippen LogP contribution in [-0.2, 0) is 11.2 Å². The standard InChI is InChI=1S/C19H23FN4O2S.2ClH/c20-15-6-2-1-4-13(15)10-17-23-16(12-27-17)19(26)24-9-3-5-14(11-24)18(25)22-8-7-21;;/h1-2,4,6,12,14H,3,5,7-11,21H2,(H,22,25);2*1H. The number of carbonyl (C=O) groups excluding carboxylic acids is 2. The van der Waals surface area contributed by atoms with Crippen molar-refractivity contribution in [1.82, 2.24) is 15.2 Å². The van der Waals surface area contributed by atoms with Crippen molar-refractivity contribution >= 4 is 48.0 Å². The van der Waals surface area contributed by atoms with Crippen LogP contribution < -0.4 is 11.1 Å². The van der Waals surface area contributed by atoms with E-state index in [0.717, 1.165) is 12.8 Å². The number of rotatable bonds is 6. The first kappa shape index (κ1) is 25.3. The number of amides is 2. The van der Waals surface area contributed by atoms with Crippen molar-refractivity contribution in [2.75, 3.05) is 26.2 Å². The SMILES string of the molecule is Cl.Cl.NCCNC(=O)C1CCCN(C(=O)c2csc(Cc3ccccc3F)n2)C1. The minimum Gasteiger partial charge on any atom is -0.355 e. The van der Waals surface area contributed by atoms with Crippen LogP contribution >= 0.6 is 36.2 Å². The second kappa shape index (κ2) is 12.1. The van der Waals surface area contributed by atoms with Gasteiger partial charge in [-0.05, 0) is 24.5 Å². The van der Waals surface area contributed by atoms with Gasteiger partial charge in [0.15, 0.2) is 0 Å². The van der Waals surface area contributed by atoms with E-state index in [-0.39, 0.29) is 48.4 Å². The molecule has 1 unspecified atom stereocenters. The maximum atomic E-state index is 13.8. The van der Waals surface area contributed by atoms with Gasteiger partial charge in [0.05, 0.1) is 10.9 Å². The zero-order valence-corrected chi connectivity index (χ0v) is 18.3. The van der Waals surface area contributed by atoms with Crippen LogP contribution in [-0.4, -0.2) is 47.9 Å². The highest BCUT2D eigenvalue weighted by atomic mass is 35.5. The molecule has 0 saturated carbocycles. The van der Waals surface area contributed by atoms with Crippen molar-refractivity contribution in [3.8, 4) is 0 Å². The summed E-state index contributed by atoms with van der Waals surface area (Å²) in [5, 5.41) is 5.18. The summed E-state index contributed by atoms with van der Waals surface area (Å²) in [6, 6.07) is 6.56. The van der Waals surface area contributed by atoms with Crippen LogP contribution in [0.15, 0.2) is 29.6 Å². The lowest BCUT2D eigenvalue weighted by atomic mass is 9.97. The molecule has 1 aliphatic rings. The Morgan fingerprint density at radius 3 is 2.79 bits per heavy atom. The fourth-order valence-electron chi connectivity index (χ4n) is 3.17. The third-order valence-corrected chi connectivity index (χ3v) is 5.44. The van der Waals surface area contributed by atoms with Crippen LogP contribution in [0.4, 0.5) is 4.39 Å². The third kappa shape index (κ3) is 6.64. The number of hydrogen-bond donors (Lipinski definition) is 2. The Hall–Kier alpha value is -1.74. The molecule has 3 N–H and O–H groups in total. The van der Waals surface area contributed by atoms with E-state index < -0.39 is 0 Å². The monoisotopic (exact) mass is 462 g/mol. The molecule has 1 aromatic carbocycles. The number of thiazole rings is 1. The Kier molecular flexibility index (Phi) is 10.5. The van der Waals surface area contributed by atoms with Crippen LogP contribution in [0.1, 0.15) is 33.9 Å². The summed E-state index contributed by atoms with van der Waals surface area (Å²) in [4.78, 5) is 31.0. The zero-order valence-electron chi connectivity index (χ0n) is 15.8. The number of nitrogens with two attached hydrogens (primary N) is 1. The van der Waals surface area contributed by atoms with Crippen molar-refractivity contribution in [3.05, 3.63) is 51.7 Å². The minimum absolute atomic E-state index is 0. The van der Waals surface area contributed by atoms with Gasteiger partial charge in [-0.1, -0.05) is 18.2 Å². The largest absolute Gasteiger partial charge is 0.355 e. The fraction of sp³-hybridized carbons (Fsp3) is 0.421. The molecule has 160 valence electrons. The van der Waals surface area contributed by atoms with Gasteiger partial charge in [-0.25, -0.2) is 9.37 Å². The molecular weight excluding hydrogens is 438 g/mol. The Morgan fingerprint density at radius 1 is 1.31 bits per heavy atom. The molecule has 2 amide bonds. The first-order chi connectivity index (χ1) is 13.1. The number of benzene rings is 1.